The fourth-order valence-electron chi connectivity index (χ4n) is 1.70. The second kappa shape index (κ2) is 5.26. The molecule has 0 fully saturated rings. The predicted octanol–water partition coefficient (Wildman–Crippen LogP) is 1.40. The lowest BCUT2D eigenvalue weighted by Crippen LogP contribution is -2.50. The number of hydrogen-bond acceptors (Lipinski definition) is 4. The van der Waals surface area contributed by atoms with Crippen molar-refractivity contribution in [2.24, 2.45) is 7.05 Å². The third kappa shape index (κ3) is 3.37. The topological polar surface area (TPSA) is 73.2 Å². The minimum atomic E-state index is -1.09. The lowest BCUT2D eigenvalue weighted by atomic mass is 9.92. The molecule has 0 aliphatic rings. The molecule has 1 aromatic rings. The lowest BCUT2D eigenvalue weighted by Gasteiger charge is -2.22. The lowest BCUT2D eigenvalue weighted by molar-refractivity contribution is -0.146. The molecule has 20 heavy (non-hydrogen) atoms. The van der Waals surface area contributed by atoms with Gasteiger partial charge in [-0.25, -0.2) is 4.79 Å². The van der Waals surface area contributed by atoms with E-state index in [1.165, 1.54) is 11.8 Å². The van der Waals surface area contributed by atoms with Crippen LogP contribution in [-0.4, -0.2) is 34.3 Å². The van der Waals surface area contributed by atoms with Gasteiger partial charge in [-0.1, -0.05) is 20.8 Å². The highest BCUT2D eigenvalue weighted by atomic mass is 16.5. The fourth-order valence-corrected chi connectivity index (χ4v) is 1.70. The third-order valence-corrected chi connectivity index (χ3v) is 3.00. The molecule has 0 radical (unpaired) electrons. The Balaban J connectivity index is 3.00. The van der Waals surface area contributed by atoms with Crippen molar-refractivity contribution in [2.45, 2.75) is 45.6 Å². The van der Waals surface area contributed by atoms with Gasteiger partial charge in [0.2, 0.25) is 0 Å². The summed E-state index contributed by atoms with van der Waals surface area (Å²) >= 11 is 0. The van der Waals surface area contributed by atoms with Gasteiger partial charge in [-0.3, -0.25) is 9.48 Å². The van der Waals surface area contributed by atoms with E-state index >= 15 is 0 Å². The summed E-state index contributed by atoms with van der Waals surface area (Å²) in [4.78, 5) is 23.9. The first-order valence-electron chi connectivity index (χ1n) is 6.44. The number of nitrogens with one attached hydrogen (secondary N) is 1. The molecule has 6 nitrogen and oxygen atoms in total. The monoisotopic (exact) mass is 281 g/mol. The maximum atomic E-state index is 12.3. The Kier molecular flexibility index (Phi) is 4.27. The first-order chi connectivity index (χ1) is 8.99. The Labute approximate surface area is 119 Å². The van der Waals surface area contributed by atoms with Gasteiger partial charge in [0.1, 0.15) is 11.2 Å². The molecule has 1 aromatic heterocycles. The molecule has 0 saturated heterocycles. The molecule has 0 spiro atoms. The van der Waals surface area contributed by atoms with Gasteiger partial charge in [0, 0.05) is 12.5 Å². The highest BCUT2D eigenvalue weighted by molar-refractivity contribution is 5.96. The molecule has 0 atom stereocenters. The molecule has 0 aromatic carbocycles. The quantitative estimate of drug-likeness (QED) is 0.850. The van der Waals surface area contributed by atoms with E-state index in [1.54, 1.807) is 27.0 Å². The molecule has 0 aliphatic carbocycles. The van der Waals surface area contributed by atoms with Crippen LogP contribution in [0.5, 0.6) is 0 Å². The van der Waals surface area contributed by atoms with Crippen LogP contribution >= 0.6 is 0 Å². The van der Waals surface area contributed by atoms with Crippen molar-refractivity contribution in [3.63, 3.8) is 0 Å². The number of aromatic nitrogens is 2. The number of esters is 1. The van der Waals surface area contributed by atoms with Gasteiger partial charge < -0.3 is 10.1 Å². The number of nitrogens with zero attached hydrogens (tertiary/aromatic N) is 2. The zero-order chi connectivity index (χ0) is 15.7. The number of hydrogen-bond donors (Lipinski definition) is 1. The van der Waals surface area contributed by atoms with Crippen molar-refractivity contribution in [3.05, 3.63) is 17.5 Å². The van der Waals surface area contributed by atoms with Crippen molar-refractivity contribution >= 4 is 11.9 Å². The second-order valence-electron chi connectivity index (χ2n) is 6.36. The van der Waals surface area contributed by atoms with Crippen LogP contribution in [0.3, 0.4) is 0 Å². The summed E-state index contributed by atoms with van der Waals surface area (Å²) in [5.74, 6) is -0.852. The van der Waals surface area contributed by atoms with E-state index in [4.69, 9.17) is 0 Å². The van der Waals surface area contributed by atoms with Crippen LogP contribution in [0.25, 0.3) is 0 Å². The zero-order valence-electron chi connectivity index (χ0n) is 13.2. The molecule has 6 heteroatoms. The van der Waals surface area contributed by atoms with Crippen LogP contribution in [0.2, 0.25) is 0 Å². The zero-order valence-corrected chi connectivity index (χ0v) is 13.2. The summed E-state index contributed by atoms with van der Waals surface area (Å²) in [5, 5.41) is 6.99. The molecule has 112 valence electrons. The maximum Gasteiger partial charge on any atom is 0.330 e. The van der Waals surface area contributed by atoms with Gasteiger partial charge in [-0.05, 0) is 19.9 Å². The van der Waals surface area contributed by atoms with Gasteiger partial charge in [0.25, 0.3) is 5.91 Å². The summed E-state index contributed by atoms with van der Waals surface area (Å²) in [6.45, 7) is 9.26. The average Bonchev–Trinajstić information content (AvgIpc) is 2.69. The highest BCUT2D eigenvalue weighted by Crippen LogP contribution is 2.21. The smallest absolute Gasteiger partial charge is 0.330 e. The Morgan fingerprint density at radius 3 is 2.20 bits per heavy atom. The number of methoxy groups -OCH3 is 1. The van der Waals surface area contributed by atoms with Crippen molar-refractivity contribution in [1.82, 2.24) is 15.1 Å². The number of amides is 1. The second-order valence-corrected chi connectivity index (χ2v) is 6.36. The first-order valence-corrected chi connectivity index (χ1v) is 6.44. The van der Waals surface area contributed by atoms with Gasteiger partial charge >= 0.3 is 5.97 Å². The van der Waals surface area contributed by atoms with Gasteiger partial charge in [0.15, 0.2) is 0 Å². The van der Waals surface area contributed by atoms with Crippen LogP contribution in [0.4, 0.5) is 0 Å². The van der Waals surface area contributed by atoms with E-state index in [0.29, 0.717) is 5.69 Å². The molecule has 1 heterocycles. The summed E-state index contributed by atoms with van der Waals surface area (Å²) in [5.41, 5.74) is -0.000442. The van der Waals surface area contributed by atoms with E-state index in [1.807, 2.05) is 20.8 Å². The van der Waals surface area contributed by atoms with Crippen LogP contribution in [0, 0.1) is 0 Å². The third-order valence-electron chi connectivity index (χ3n) is 3.00. The van der Waals surface area contributed by atoms with Crippen LogP contribution in [0.1, 0.15) is 50.8 Å². The number of aryl methyl sites for hydroxylation is 1. The minimum absolute atomic E-state index is 0.145. The van der Waals surface area contributed by atoms with E-state index in [9.17, 15) is 9.59 Å². The number of ether oxygens (including phenoxy) is 1. The molecule has 0 bridgehead atoms. The molecule has 1 rings (SSSR count). The maximum absolute atomic E-state index is 12.3. The number of rotatable bonds is 3. The van der Waals surface area contributed by atoms with Crippen molar-refractivity contribution in [2.75, 3.05) is 7.11 Å². The average molecular weight is 281 g/mol. The summed E-state index contributed by atoms with van der Waals surface area (Å²) < 4.78 is 6.18. The van der Waals surface area contributed by atoms with Gasteiger partial charge in [0.05, 0.1) is 12.8 Å². The van der Waals surface area contributed by atoms with Crippen molar-refractivity contribution in [1.29, 1.82) is 0 Å². The standard InChI is InChI=1S/C14H23N3O3/c1-13(2,3)10-8-9(17(6)16-10)11(18)15-14(4,5)12(19)20-7/h8H,1-7H3,(H,15,18). The number of carbonyl (C=O) groups is 2. The van der Waals surface area contributed by atoms with E-state index in [-0.39, 0.29) is 11.3 Å². The van der Waals surface area contributed by atoms with E-state index in [2.05, 4.69) is 15.2 Å². The predicted molar refractivity (Wildman–Crippen MR) is 75.5 cm³/mol. The summed E-state index contributed by atoms with van der Waals surface area (Å²) in [6, 6.07) is 1.74. The molecular weight excluding hydrogens is 258 g/mol. The van der Waals surface area contributed by atoms with Crippen molar-refractivity contribution < 1.29 is 14.3 Å². The van der Waals surface area contributed by atoms with Crippen LogP contribution < -0.4 is 5.32 Å². The van der Waals surface area contributed by atoms with Gasteiger partial charge in [-0.15, -0.1) is 0 Å². The van der Waals surface area contributed by atoms with Gasteiger partial charge in [-0.2, -0.15) is 5.10 Å². The van der Waals surface area contributed by atoms with Crippen LogP contribution in [0.15, 0.2) is 6.07 Å². The molecule has 0 saturated carbocycles. The Morgan fingerprint density at radius 1 is 1.25 bits per heavy atom. The molecule has 1 amide bonds. The normalized spacial score (nSPS) is 12.2. The SMILES string of the molecule is COC(=O)C(C)(C)NC(=O)c1cc(C(C)(C)C)nn1C. The Morgan fingerprint density at radius 2 is 1.80 bits per heavy atom. The van der Waals surface area contributed by atoms with E-state index < -0.39 is 11.5 Å². The fraction of sp³-hybridized carbons (Fsp3) is 0.643. The molecule has 1 N–H and O–H groups in total. The molecular formula is C14H23N3O3. The highest BCUT2D eigenvalue weighted by Gasteiger charge is 2.32. The largest absolute Gasteiger partial charge is 0.467 e. The minimum Gasteiger partial charge on any atom is -0.467 e. The van der Waals surface area contributed by atoms with E-state index in [0.717, 1.165) is 5.69 Å². The molecule has 0 aliphatic heterocycles. The van der Waals surface area contributed by atoms with Crippen LogP contribution in [-0.2, 0) is 22.0 Å². The summed E-state index contributed by atoms with van der Waals surface area (Å²) in [6.07, 6.45) is 0. The Hall–Kier alpha value is -1.85. The Bertz CT molecular complexity index is 524. The summed E-state index contributed by atoms with van der Waals surface area (Å²) in [7, 11) is 2.99. The number of carbonyl (C=O) groups excluding carboxylic acids is 2. The molecule has 0 unspecified atom stereocenters. The first kappa shape index (κ1) is 16.2. The van der Waals surface area contributed by atoms with Crippen molar-refractivity contribution in [3.8, 4) is 0 Å².